The number of anilines is 1. The van der Waals surface area contributed by atoms with Crippen LogP contribution < -0.4 is 17.2 Å². The van der Waals surface area contributed by atoms with Crippen LogP contribution in [0.5, 0.6) is 0 Å². The minimum atomic E-state index is -1.26. The van der Waals surface area contributed by atoms with Crippen molar-refractivity contribution < 1.29 is 29.4 Å². The molecule has 0 radical (unpaired) electrons. The molecule has 0 saturated heterocycles. The first-order chi connectivity index (χ1) is 21.6. The van der Waals surface area contributed by atoms with Gasteiger partial charge in [0, 0.05) is 32.8 Å². The molecule has 0 aromatic heterocycles. The van der Waals surface area contributed by atoms with Gasteiger partial charge in [0.15, 0.2) is 0 Å². The lowest BCUT2D eigenvalue weighted by Gasteiger charge is -2.23. The Hall–Kier alpha value is -4.92. The van der Waals surface area contributed by atoms with Gasteiger partial charge in [-0.25, -0.2) is 9.59 Å². The molecule has 5 rings (SSSR count). The van der Waals surface area contributed by atoms with Crippen molar-refractivity contribution in [3.63, 3.8) is 0 Å². The minimum absolute atomic E-state index is 0.0809. The second kappa shape index (κ2) is 13.0. The van der Waals surface area contributed by atoms with Gasteiger partial charge in [-0.15, -0.1) is 0 Å². The summed E-state index contributed by atoms with van der Waals surface area (Å²) in [6.45, 7) is 2.21. The molecule has 234 valence electrons. The molecule has 0 aliphatic heterocycles. The van der Waals surface area contributed by atoms with Crippen LogP contribution in [-0.2, 0) is 6.42 Å². The fraction of sp³-hybridized carbons (Fsp3) is 0.333. The minimum Gasteiger partial charge on any atom is -0.478 e. The first-order valence-electron chi connectivity index (χ1n) is 15.7. The quantitative estimate of drug-likeness (QED) is 0.0354. The smallest absolute Gasteiger partial charge is 0.336 e. The summed E-state index contributed by atoms with van der Waals surface area (Å²) >= 11 is 0. The number of primary amides is 2. The molecule has 2 amide bonds. The molecule has 9 nitrogen and oxygen atoms in total. The van der Waals surface area contributed by atoms with E-state index in [0.29, 0.717) is 55.4 Å². The number of hydrogen-bond donors (Lipinski definition) is 5. The second-order valence-corrected chi connectivity index (χ2v) is 11.9. The average Bonchev–Trinajstić information content (AvgIpc) is 3.00. The number of aromatic carboxylic acids is 2. The number of carbonyl (C=O) groups is 4. The Bertz CT molecular complexity index is 1960. The van der Waals surface area contributed by atoms with Crippen LogP contribution in [0.1, 0.15) is 118 Å². The number of carboxylic acid groups (broad SMARTS) is 2. The van der Waals surface area contributed by atoms with E-state index in [1.165, 1.54) is 56.7 Å². The number of nitrogen functional groups attached to an aromatic ring is 1. The van der Waals surface area contributed by atoms with Gasteiger partial charge in [0.2, 0.25) is 11.8 Å². The van der Waals surface area contributed by atoms with E-state index in [2.05, 4.69) is 6.92 Å². The molecule has 5 aromatic carbocycles. The number of amides is 2. The summed E-state index contributed by atoms with van der Waals surface area (Å²) in [5, 5.41) is 23.5. The Labute approximate surface area is 260 Å². The van der Waals surface area contributed by atoms with Gasteiger partial charge in [0.05, 0.1) is 16.7 Å². The Balaban J connectivity index is 1.72. The van der Waals surface area contributed by atoms with E-state index < -0.39 is 23.8 Å². The molecule has 8 N–H and O–H groups in total. The van der Waals surface area contributed by atoms with Crippen molar-refractivity contribution in [2.75, 3.05) is 5.73 Å². The highest BCUT2D eigenvalue weighted by atomic mass is 16.4. The fourth-order valence-electron chi connectivity index (χ4n) is 7.01. The van der Waals surface area contributed by atoms with E-state index in [4.69, 9.17) is 17.2 Å². The van der Waals surface area contributed by atoms with Gasteiger partial charge in [-0.3, -0.25) is 9.59 Å². The van der Waals surface area contributed by atoms with Crippen LogP contribution in [0.15, 0.2) is 36.4 Å². The molecule has 0 saturated carbocycles. The van der Waals surface area contributed by atoms with Crippen molar-refractivity contribution in [2.24, 2.45) is 11.5 Å². The van der Waals surface area contributed by atoms with Crippen molar-refractivity contribution in [3.05, 3.63) is 64.2 Å². The zero-order chi connectivity index (χ0) is 32.4. The van der Waals surface area contributed by atoms with Gasteiger partial charge in [0.1, 0.15) is 0 Å². The van der Waals surface area contributed by atoms with Crippen molar-refractivity contribution in [3.8, 4) is 0 Å². The Morgan fingerprint density at radius 2 is 1.04 bits per heavy atom. The first-order valence-corrected chi connectivity index (χ1v) is 15.7. The maximum atomic E-state index is 13.1. The van der Waals surface area contributed by atoms with E-state index in [-0.39, 0.29) is 27.6 Å². The number of carboxylic acids is 2. The summed E-state index contributed by atoms with van der Waals surface area (Å²) in [6, 6.07) is 9.16. The zero-order valence-corrected chi connectivity index (χ0v) is 25.5. The summed E-state index contributed by atoms with van der Waals surface area (Å²) in [5.41, 5.74) is 19.5. The van der Waals surface area contributed by atoms with E-state index in [0.717, 1.165) is 25.7 Å². The van der Waals surface area contributed by atoms with Crippen molar-refractivity contribution in [1.29, 1.82) is 0 Å². The van der Waals surface area contributed by atoms with Gasteiger partial charge < -0.3 is 27.4 Å². The summed E-state index contributed by atoms with van der Waals surface area (Å²) in [5.74, 6) is -3.99. The maximum absolute atomic E-state index is 13.1. The average molecular weight is 610 g/mol. The third-order valence-electron chi connectivity index (χ3n) is 9.07. The number of benzene rings is 5. The van der Waals surface area contributed by atoms with Gasteiger partial charge in [0.25, 0.3) is 0 Å². The summed E-state index contributed by atoms with van der Waals surface area (Å²) < 4.78 is 0. The number of fused-ring (bicyclic) bond motifs is 2. The number of rotatable bonds is 15. The predicted molar refractivity (Wildman–Crippen MR) is 179 cm³/mol. The molecule has 0 bridgehead atoms. The third kappa shape index (κ3) is 5.59. The highest BCUT2D eigenvalue weighted by Gasteiger charge is 2.28. The molecular formula is C36H39N3O6. The standard InChI is InChI=1S/C36H39N3O6/c1-2-3-4-5-6-7-8-9-10-11-12-22-31(34(39)41)29-23(33(38)40)16-13-20-19-14-17-24(35(42)43)27-25(36(44)45)18-15-21(26(19)27)30(28(20)29)32(22)37/h13-18H,2-12,37H2,1H3,(H2,38,40)(H2,39,41)(H,42,43)(H,44,45). The Morgan fingerprint density at radius 1 is 0.556 bits per heavy atom. The van der Waals surface area contributed by atoms with E-state index in [1.807, 2.05) is 0 Å². The Morgan fingerprint density at radius 3 is 1.56 bits per heavy atom. The topological polar surface area (TPSA) is 187 Å². The lowest BCUT2D eigenvalue weighted by Crippen LogP contribution is -2.20. The van der Waals surface area contributed by atoms with Crippen molar-refractivity contribution >= 4 is 72.5 Å². The predicted octanol–water partition coefficient (Wildman–Crippen LogP) is 7.38. The van der Waals surface area contributed by atoms with Crippen LogP contribution >= 0.6 is 0 Å². The lowest BCUT2D eigenvalue weighted by atomic mass is 9.81. The van der Waals surface area contributed by atoms with Crippen LogP contribution in [0.3, 0.4) is 0 Å². The van der Waals surface area contributed by atoms with E-state index in [1.54, 1.807) is 18.2 Å². The number of unbranched alkanes of at least 4 members (excludes halogenated alkanes) is 9. The van der Waals surface area contributed by atoms with Gasteiger partial charge in [-0.1, -0.05) is 82.9 Å². The molecule has 0 atom stereocenters. The third-order valence-corrected chi connectivity index (χ3v) is 9.07. The van der Waals surface area contributed by atoms with Gasteiger partial charge in [-0.2, -0.15) is 0 Å². The molecule has 5 aromatic rings. The largest absolute Gasteiger partial charge is 0.478 e. The number of nitrogens with two attached hydrogens (primary N) is 3. The van der Waals surface area contributed by atoms with Crippen molar-refractivity contribution in [1.82, 2.24) is 0 Å². The lowest BCUT2D eigenvalue weighted by molar-refractivity contribution is 0.0695. The van der Waals surface area contributed by atoms with Gasteiger partial charge >= 0.3 is 11.9 Å². The Kier molecular flexibility index (Phi) is 9.09. The van der Waals surface area contributed by atoms with Crippen LogP contribution in [0.4, 0.5) is 5.69 Å². The molecule has 9 heteroatoms. The van der Waals surface area contributed by atoms with E-state index >= 15 is 0 Å². The molecule has 0 aliphatic rings. The van der Waals surface area contributed by atoms with Crippen LogP contribution in [0.2, 0.25) is 0 Å². The molecule has 0 fully saturated rings. The molecule has 0 heterocycles. The second-order valence-electron chi connectivity index (χ2n) is 11.9. The number of hydrogen-bond acceptors (Lipinski definition) is 5. The number of carbonyl (C=O) groups excluding carboxylic acids is 2. The highest BCUT2D eigenvalue weighted by molar-refractivity contribution is 6.40. The molecule has 45 heavy (non-hydrogen) atoms. The monoisotopic (exact) mass is 609 g/mol. The van der Waals surface area contributed by atoms with Crippen LogP contribution in [0.25, 0.3) is 43.1 Å². The molecule has 0 aliphatic carbocycles. The van der Waals surface area contributed by atoms with Crippen LogP contribution in [0, 0.1) is 0 Å². The normalized spacial score (nSPS) is 11.7. The SMILES string of the molecule is CCCCCCCCCCCCc1c(C(N)=O)c2c(C(N)=O)ccc3c4ccc(C(=O)O)c5c(C(=O)O)ccc(c(c1N)c23)c54. The van der Waals surface area contributed by atoms with E-state index in [9.17, 15) is 29.4 Å². The molecule has 0 spiro atoms. The maximum Gasteiger partial charge on any atom is 0.336 e. The van der Waals surface area contributed by atoms with Crippen LogP contribution in [-0.4, -0.2) is 34.0 Å². The van der Waals surface area contributed by atoms with Crippen molar-refractivity contribution in [2.45, 2.75) is 77.6 Å². The van der Waals surface area contributed by atoms with Gasteiger partial charge in [-0.05, 0) is 58.1 Å². The fourth-order valence-corrected chi connectivity index (χ4v) is 7.01. The summed E-state index contributed by atoms with van der Waals surface area (Å²) in [7, 11) is 0. The highest BCUT2D eigenvalue weighted by Crippen LogP contribution is 2.47. The summed E-state index contributed by atoms with van der Waals surface area (Å²) in [6.07, 6.45) is 11.7. The first kappa shape index (κ1) is 31.5. The molecule has 0 unspecified atom stereocenters. The zero-order valence-electron chi connectivity index (χ0n) is 25.5. The summed E-state index contributed by atoms with van der Waals surface area (Å²) in [4.78, 5) is 50.4. The molecular weight excluding hydrogens is 570 g/mol.